The number of aromatic nitrogens is 1. The maximum absolute atomic E-state index is 12.2. The fourth-order valence-electron chi connectivity index (χ4n) is 1.87. The van der Waals surface area contributed by atoms with Gasteiger partial charge in [0.25, 0.3) is 0 Å². The van der Waals surface area contributed by atoms with Crippen LogP contribution in [0.2, 0.25) is 0 Å². The molecule has 7 heteroatoms. The summed E-state index contributed by atoms with van der Waals surface area (Å²) in [4.78, 5) is 10.7. The Bertz CT molecular complexity index is 731. The second-order valence-corrected chi connectivity index (χ2v) is 6.72. The average molecular weight is 309 g/mol. The SMILES string of the molecule is Cc1cc(CS(=O)(=O)c2ccc(CCC(=O)O)cc2)on1. The van der Waals surface area contributed by atoms with Gasteiger partial charge in [0, 0.05) is 12.5 Å². The van der Waals surface area contributed by atoms with Gasteiger partial charge in [-0.2, -0.15) is 0 Å². The van der Waals surface area contributed by atoms with Gasteiger partial charge in [-0.1, -0.05) is 17.3 Å². The number of carbonyl (C=O) groups is 1. The Balaban J connectivity index is 2.11. The second-order valence-electron chi connectivity index (χ2n) is 4.73. The quantitative estimate of drug-likeness (QED) is 0.876. The van der Waals surface area contributed by atoms with Gasteiger partial charge >= 0.3 is 5.97 Å². The minimum Gasteiger partial charge on any atom is -0.481 e. The lowest BCUT2D eigenvalue weighted by molar-refractivity contribution is -0.136. The van der Waals surface area contributed by atoms with Gasteiger partial charge in [-0.3, -0.25) is 4.79 Å². The van der Waals surface area contributed by atoms with E-state index >= 15 is 0 Å². The molecule has 112 valence electrons. The first-order valence-electron chi connectivity index (χ1n) is 6.32. The van der Waals surface area contributed by atoms with Gasteiger partial charge in [-0.05, 0) is 31.0 Å². The van der Waals surface area contributed by atoms with E-state index in [1.807, 2.05) is 0 Å². The van der Waals surface area contributed by atoms with Crippen LogP contribution >= 0.6 is 0 Å². The minimum atomic E-state index is -3.50. The van der Waals surface area contributed by atoms with Crippen LogP contribution in [-0.4, -0.2) is 24.7 Å². The van der Waals surface area contributed by atoms with Gasteiger partial charge in [0.1, 0.15) is 5.75 Å². The Kier molecular flexibility index (Phi) is 4.42. The van der Waals surface area contributed by atoms with Gasteiger partial charge in [-0.15, -0.1) is 0 Å². The molecule has 0 aliphatic heterocycles. The summed E-state index contributed by atoms with van der Waals surface area (Å²) >= 11 is 0. The number of carboxylic acids is 1. The van der Waals surface area contributed by atoms with Crippen LogP contribution in [0.1, 0.15) is 23.4 Å². The van der Waals surface area contributed by atoms with Gasteiger partial charge in [0.15, 0.2) is 15.6 Å². The number of aryl methyl sites for hydroxylation is 2. The summed E-state index contributed by atoms with van der Waals surface area (Å²) in [6.07, 6.45) is 0.389. The number of sulfone groups is 1. The highest BCUT2D eigenvalue weighted by Crippen LogP contribution is 2.18. The first-order valence-corrected chi connectivity index (χ1v) is 7.98. The van der Waals surface area contributed by atoms with E-state index in [0.29, 0.717) is 17.9 Å². The van der Waals surface area contributed by atoms with Gasteiger partial charge in [-0.25, -0.2) is 8.42 Å². The lowest BCUT2D eigenvalue weighted by Crippen LogP contribution is -2.04. The molecule has 0 radical (unpaired) electrons. The van der Waals surface area contributed by atoms with E-state index < -0.39 is 15.8 Å². The molecule has 0 amide bonds. The van der Waals surface area contributed by atoms with Crippen molar-refractivity contribution in [2.75, 3.05) is 0 Å². The van der Waals surface area contributed by atoms with Crippen molar-refractivity contribution in [1.29, 1.82) is 0 Å². The number of nitrogens with zero attached hydrogens (tertiary/aromatic N) is 1. The van der Waals surface area contributed by atoms with Crippen LogP contribution in [-0.2, 0) is 26.8 Å². The average Bonchev–Trinajstić information content (AvgIpc) is 2.81. The lowest BCUT2D eigenvalue weighted by Gasteiger charge is -2.04. The molecule has 0 saturated carbocycles. The van der Waals surface area contributed by atoms with Crippen LogP contribution in [0.5, 0.6) is 0 Å². The van der Waals surface area contributed by atoms with Crippen LogP contribution in [0.15, 0.2) is 39.8 Å². The Morgan fingerprint density at radius 3 is 2.48 bits per heavy atom. The molecule has 0 fully saturated rings. The predicted octanol–water partition coefficient (Wildman–Crippen LogP) is 1.97. The molecule has 0 atom stereocenters. The summed E-state index contributed by atoms with van der Waals surface area (Å²) in [5.41, 5.74) is 1.41. The number of hydrogen-bond donors (Lipinski definition) is 1. The molecule has 1 heterocycles. The standard InChI is InChI=1S/C14H15NO5S/c1-10-8-12(20-15-10)9-21(18,19)13-5-2-11(3-6-13)4-7-14(16)17/h2-3,5-6,8H,4,7,9H2,1H3,(H,16,17). The summed E-state index contributed by atoms with van der Waals surface area (Å²) in [7, 11) is -3.50. The van der Waals surface area contributed by atoms with Crippen molar-refractivity contribution < 1.29 is 22.8 Å². The molecule has 6 nitrogen and oxygen atoms in total. The molecule has 0 aliphatic rings. The lowest BCUT2D eigenvalue weighted by atomic mass is 10.1. The van der Waals surface area contributed by atoms with Crippen molar-refractivity contribution in [2.24, 2.45) is 0 Å². The molecule has 0 aliphatic carbocycles. The fraction of sp³-hybridized carbons (Fsp3) is 0.286. The molecule has 1 N–H and O–H groups in total. The van der Waals surface area contributed by atoms with Crippen molar-refractivity contribution in [3.63, 3.8) is 0 Å². The highest BCUT2D eigenvalue weighted by Gasteiger charge is 2.18. The maximum Gasteiger partial charge on any atom is 0.303 e. The van der Waals surface area contributed by atoms with E-state index in [9.17, 15) is 13.2 Å². The molecule has 21 heavy (non-hydrogen) atoms. The topological polar surface area (TPSA) is 97.5 Å². The largest absolute Gasteiger partial charge is 0.481 e. The van der Waals surface area contributed by atoms with Crippen molar-refractivity contribution in [1.82, 2.24) is 5.16 Å². The summed E-state index contributed by atoms with van der Waals surface area (Å²) < 4.78 is 29.3. The first-order chi connectivity index (χ1) is 9.87. The normalized spacial score (nSPS) is 11.5. The predicted molar refractivity (Wildman–Crippen MR) is 74.5 cm³/mol. The molecule has 1 aromatic heterocycles. The van der Waals surface area contributed by atoms with Crippen LogP contribution < -0.4 is 0 Å². The van der Waals surface area contributed by atoms with Crippen LogP contribution in [0.4, 0.5) is 0 Å². The van der Waals surface area contributed by atoms with E-state index in [4.69, 9.17) is 9.63 Å². The van der Waals surface area contributed by atoms with Crippen LogP contribution in [0.25, 0.3) is 0 Å². The Hall–Kier alpha value is -2.15. The number of hydrogen-bond acceptors (Lipinski definition) is 5. The van der Waals surface area contributed by atoms with Gasteiger partial charge in [0.05, 0.1) is 10.6 Å². The van der Waals surface area contributed by atoms with E-state index in [2.05, 4.69) is 5.16 Å². The number of carboxylic acid groups (broad SMARTS) is 1. The Morgan fingerprint density at radius 1 is 1.29 bits per heavy atom. The Labute approximate surface area is 122 Å². The Morgan fingerprint density at radius 2 is 1.95 bits per heavy atom. The number of rotatable bonds is 6. The number of aliphatic carboxylic acids is 1. The molecule has 0 spiro atoms. The highest BCUT2D eigenvalue weighted by molar-refractivity contribution is 7.90. The van der Waals surface area contributed by atoms with Crippen LogP contribution in [0, 0.1) is 6.92 Å². The third kappa shape index (κ3) is 4.16. The maximum atomic E-state index is 12.2. The third-order valence-electron chi connectivity index (χ3n) is 2.92. The zero-order chi connectivity index (χ0) is 15.5. The molecule has 2 rings (SSSR count). The minimum absolute atomic E-state index is 0.0173. The molecular formula is C14H15NO5S. The number of benzene rings is 1. The highest BCUT2D eigenvalue weighted by atomic mass is 32.2. The monoisotopic (exact) mass is 309 g/mol. The van der Waals surface area contributed by atoms with Gasteiger partial charge in [0.2, 0.25) is 0 Å². The zero-order valence-corrected chi connectivity index (χ0v) is 12.3. The summed E-state index contributed by atoms with van der Waals surface area (Å²) in [5, 5.41) is 12.3. The van der Waals surface area contributed by atoms with Crippen molar-refractivity contribution in [3.05, 3.63) is 47.3 Å². The van der Waals surface area contributed by atoms with Crippen molar-refractivity contribution in [2.45, 2.75) is 30.4 Å². The van der Waals surface area contributed by atoms with E-state index in [-0.39, 0.29) is 17.1 Å². The molecule has 0 saturated heterocycles. The van der Waals surface area contributed by atoms with Crippen LogP contribution in [0.3, 0.4) is 0 Å². The van der Waals surface area contributed by atoms with E-state index in [1.165, 1.54) is 12.1 Å². The molecule has 1 aromatic carbocycles. The summed E-state index contributed by atoms with van der Waals surface area (Å²) in [6, 6.07) is 7.80. The molecular weight excluding hydrogens is 294 g/mol. The van der Waals surface area contributed by atoms with E-state index in [0.717, 1.165) is 5.56 Å². The zero-order valence-electron chi connectivity index (χ0n) is 11.4. The molecule has 0 unspecified atom stereocenters. The summed E-state index contributed by atoms with van der Waals surface area (Å²) in [5.74, 6) is -0.836. The fourth-order valence-corrected chi connectivity index (χ4v) is 3.10. The molecule has 0 bridgehead atoms. The smallest absolute Gasteiger partial charge is 0.303 e. The van der Waals surface area contributed by atoms with E-state index in [1.54, 1.807) is 25.1 Å². The first kappa shape index (κ1) is 15.2. The van der Waals surface area contributed by atoms with Crippen molar-refractivity contribution in [3.8, 4) is 0 Å². The molecule has 2 aromatic rings. The third-order valence-corrected chi connectivity index (χ3v) is 4.57. The van der Waals surface area contributed by atoms with Gasteiger partial charge < -0.3 is 9.63 Å². The summed E-state index contributed by atoms with van der Waals surface area (Å²) in [6.45, 7) is 1.72. The van der Waals surface area contributed by atoms with Crippen molar-refractivity contribution >= 4 is 15.8 Å². The second kappa shape index (κ2) is 6.09.